The molecular weight excluding hydrogens is 220 g/mol. The standard InChI is InChI=1S/C12H18N2OS/c1-2-4-9(3-1)7-16-8-11-13-14-12(15-11)10-5-6-10/h9-10H,1-8H2. The third kappa shape index (κ3) is 2.59. The van der Waals surface area contributed by atoms with Crippen LogP contribution in [0.1, 0.15) is 56.2 Å². The van der Waals surface area contributed by atoms with Crippen LogP contribution in [0.15, 0.2) is 4.42 Å². The molecule has 0 N–H and O–H groups in total. The average Bonchev–Trinajstić information content (AvgIpc) is 2.83. The summed E-state index contributed by atoms with van der Waals surface area (Å²) >= 11 is 1.95. The number of hydrogen-bond acceptors (Lipinski definition) is 4. The molecule has 0 aliphatic heterocycles. The van der Waals surface area contributed by atoms with Crippen molar-refractivity contribution in [1.29, 1.82) is 0 Å². The molecule has 88 valence electrons. The first-order valence-corrected chi connectivity index (χ1v) is 7.47. The molecular formula is C12H18N2OS. The summed E-state index contributed by atoms with van der Waals surface area (Å²) in [6, 6.07) is 0. The number of thioether (sulfide) groups is 1. The van der Waals surface area contributed by atoms with Crippen LogP contribution in [0.5, 0.6) is 0 Å². The van der Waals surface area contributed by atoms with Crippen LogP contribution in [-0.4, -0.2) is 16.0 Å². The Labute approximate surface area is 100 Å². The molecule has 1 aromatic heterocycles. The van der Waals surface area contributed by atoms with Gasteiger partial charge in [0.25, 0.3) is 0 Å². The lowest BCUT2D eigenvalue weighted by Crippen LogP contribution is -1.97. The Kier molecular flexibility index (Phi) is 3.18. The number of aromatic nitrogens is 2. The fourth-order valence-electron chi connectivity index (χ4n) is 2.31. The van der Waals surface area contributed by atoms with E-state index in [1.807, 2.05) is 11.8 Å². The van der Waals surface area contributed by atoms with E-state index in [0.717, 1.165) is 23.5 Å². The monoisotopic (exact) mass is 238 g/mol. The lowest BCUT2D eigenvalue weighted by molar-refractivity contribution is 0.466. The van der Waals surface area contributed by atoms with Gasteiger partial charge in [0, 0.05) is 5.92 Å². The van der Waals surface area contributed by atoms with Crippen molar-refractivity contribution in [2.45, 2.75) is 50.2 Å². The second-order valence-electron chi connectivity index (χ2n) is 4.97. The van der Waals surface area contributed by atoms with Crippen molar-refractivity contribution < 1.29 is 4.42 Å². The maximum atomic E-state index is 5.63. The molecule has 1 heterocycles. The maximum Gasteiger partial charge on any atom is 0.226 e. The van der Waals surface area contributed by atoms with Gasteiger partial charge in [0.05, 0.1) is 5.75 Å². The van der Waals surface area contributed by atoms with Gasteiger partial charge in [0.15, 0.2) is 0 Å². The maximum absolute atomic E-state index is 5.63. The van der Waals surface area contributed by atoms with E-state index in [9.17, 15) is 0 Å². The summed E-state index contributed by atoms with van der Waals surface area (Å²) in [5, 5.41) is 8.20. The lowest BCUT2D eigenvalue weighted by atomic mass is 10.1. The zero-order valence-electron chi connectivity index (χ0n) is 9.52. The summed E-state index contributed by atoms with van der Waals surface area (Å²) in [6.07, 6.45) is 8.16. The Balaban J connectivity index is 1.42. The summed E-state index contributed by atoms with van der Waals surface area (Å²) < 4.78 is 5.63. The van der Waals surface area contributed by atoms with Gasteiger partial charge in [-0.1, -0.05) is 12.8 Å². The van der Waals surface area contributed by atoms with Crippen LogP contribution in [0.4, 0.5) is 0 Å². The summed E-state index contributed by atoms with van der Waals surface area (Å²) in [5.74, 6) is 5.38. The molecule has 4 heteroatoms. The van der Waals surface area contributed by atoms with Crippen molar-refractivity contribution in [2.24, 2.45) is 5.92 Å². The SMILES string of the molecule is C1CCC(CSCc2nnc(C3CC3)o2)C1. The van der Waals surface area contributed by atoms with E-state index in [0.29, 0.717) is 5.92 Å². The third-order valence-corrected chi connectivity index (χ3v) is 4.62. The molecule has 0 unspecified atom stereocenters. The van der Waals surface area contributed by atoms with Gasteiger partial charge in [-0.05, 0) is 37.4 Å². The fraction of sp³-hybridized carbons (Fsp3) is 0.833. The van der Waals surface area contributed by atoms with Crippen LogP contribution < -0.4 is 0 Å². The smallest absolute Gasteiger partial charge is 0.226 e. The molecule has 2 aliphatic rings. The van der Waals surface area contributed by atoms with E-state index >= 15 is 0 Å². The zero-order chi connectivity index (χ0) is 10.8. The van der Waals surface area contributed by atoms with E-state index < -0.39 is 0 Å². The number of rotatable bonds is 5. The first-order valence-electron chi connectivity index (χ1n) is 6.32. The molecule has 2 fully saturated rings. The molecule has 0 spiro atoms. The molecule has 0 amide bonds. The van der Waals surface area contributed by atoms with Crippen LogP contribution >= 0.6 is 11.8 Å². The van der Waals surface area contributed by atoms with Crippen molar-refractivity contribution >= 4 is 11.8 Å². The molecule has 2 aliphatic carbocycles. The molecule has 16 heavy (non-hydrogen) atoms. The Morgan fingerprint density at radius 2 is 1.94 bits per heavy atom. The fourth-order valence-corrected chi connectivity index (χ4v) is 3.39. The van der Waals surface area contributed by atoms with Gasteiger partial charge in [-0.25, -0.2) is 0 Å². The highest BCUT2D eigenvalue weighted by Gasteiger charge is 2.29. The van der Waals surface area contributed by atoms with Crippen molar-refractivity contribution in [3.05, 3.63) is 11.8 Å². The minimum atomic E-state index is 0.584. The van der Waals surface area contributed by atoms with Crippen molar-refractivity contribution in [1.82, 2.24) is 10.2 Å². The summed E-state index contributed by atoms with van der Waals surface area (Å²) in [4.78, 5) is 0. The van der Waals surface area contributed by atoms with Gasteiger partial charge < -0.3 is 4.42 Å². The molecule has 0 aromatic carbocycles. The molecule has 0 saturated heterocycles. The van der Waals surface area contributed by atoms with Gasteiger partial charge >= 0.3 is 0 Å². The Hall–Kier alpha value is -0.510. The first kappa shape index (κ1) is 10.6. The summed E-state index contributed by atoms with van der Waals surface area (Å²) in [6.45, 7) is 0. The van der Waals surface area contributed by atoms with Gasteiger partial charge in [0.2, 0.25) is 11.8 Å². The second kappa shape index (κ2) is 4.78. The first-order chi connectivity index (χ1) is 7.92. The van der Waals surface area contributed by atoms with Gasteiger partial charge in [0.1, 0.15) is 0 Å². The minimum absolute atomic E-state index is 0.584. The zero-order valence-corrected chi connectivity index (χ0v) is 10.3. The highest BCUT2D eigenvalue weighted by atomic mass is 32.2. The molecule has 0 bridgehead atoms. The van der Waals surface area contributed by atoms with Crippen molar-refractivity contribution in [2.75, 3.05) is 5.75 Å². The van der Waals surface area contributed by atoms with E-state index in [2.05, 4.69) is 10.2 Å². The van der Waals surface area contributed by atoms with Crippen LogP contribution in [0.2, 0.25) is 0 Å². The second-order valence-corrected chi connectivity index (χ2v) is 6.00. The topological polar surface area (TPSA) is 38.9 Å². The normalized spacial score (nSPS) is 21.8. The molecule has 0 atom stereocenters. The summed E-state index contributed by atoms with van der Waals surface area (Å²) in [5.41, 5.74) is 0. The molecule has 1 aromatic rings. The molecule has 3 nitrogen and oxygen atoms in total. The van der Waals surface area contributed by atoms with Crippen LogP contribution in [0.25, 0.3) is 0 Å². The van der Waals surface area contributed by atoms with Gasteiger partial charge in [-0.2, -0.15) is 11.8 Å². The van der Waals surface area contributed by atoms with Crippen molar-refractivity contribution in [3.8, 4) is 0 Å². The third-order valence-electron chi connectivity index (χ3n) is 3.46. The Morgan fingerprint density at radius 1 is 1.12 bits per heavy atom. The predicted molar refractivity (Wildman–Crippen MR) is 64.4 cm³/mol. The number of hydrogen-bond donors (Lipinski definition) is 0. The van der Waals surface area contributed by atoms with E-state index in [-0.39, 0.29) is 0 Å². The van der Waals surface area contributed by atoms with Crippen LogP contribution in [-0.2, 0) is 5.75 Å². The summed E-state index contributed by atoms with van der Waals surface area (Å²) in [7, 11) is 0. The van der Waals surface area contributed by atoms with E-state index in [1.54, 1.807) is 0 Å². The molecule has 3 rings (SSSR count). The highest BCUT2D eigenvalue weighted by Crippen LogP contribution is 2.39. The van der Waals surface area contributed by atoms with E-state index in [4.69, 9.17) is 4.42 Å². The van der Waals surface area contributed by atoms with Gasteiger partial charge in [-0.15, -0.1) is 10.2 Å². The molecule has 0 radical (unpaired) electrons. The Morgan fingerprint density at radius 3 is 2.69 bits per heavy atom. The quantitative estimate of drug-likeness (QED) is 0.788. The average molecular weight is 238 g/mol. The predicted octanol–water partition coefficient (Wildman–Crippen LogP) is 3.37. The van der Waals surface area contributed by atoms with Crippen LogP contribution in [0.3, 0.4) is 0 Å². The molecule has 2 saturated carbocycles. The Bertz CT molecular complexity index is 343. The largest absolute Gasteiger partial charge is 0.424 e. The number of nitrogens with zero attached hydrogens (tertiary/aromatic N) is 2. The highest BCUT2D eigenvalue weighted by molar-refractivity contribution is 7.98. The van der Waals surface area contributed by atoms with Crippen LogP contribution in [0, 0.1) is 5.92 Å². The minimum Gasteiger partial charge on any atom is -0.424 e. The van der Waals surface area contributed by atoms with Crippen molar-refractivity contribution in [3.63, 3.8) is 0 Å². The lowest BCUT2D eigenvalue weighted by Gasteiger charge is -2.05. The van der Waals surface area contributed by atoms with Gasteiger partial charge in [-0.3, -0.25) is 0 Å². The van der Waals surface area contributed by atoms with E-state index in [1.165, 1.54) is 44.3 Å².